The Morgan fingerprint density at radius 1 is 1.03 bits per heavy atom. The Kier molecular flexibility index (Phi) is 5.65. The summed E-state index contributed by atoms with van der Waals surface area (Å²) in [4.78, 5) is 24.8. The number of fused-ring (bicyclic) bond motifs is 1. The van der Waals surface area contributed by atoms with Crippen molar-refractivity contribution >= 4 is 11.6 Å². The Labute approximate surface area is 191 Å². The maximum atomic E-state index is 13.3. The van der Waals surface area contributed by atoms with Crippen LogP contribution in [0.15, 0.2) is 47.3 Å². The average molecular weight is 447 g/mol. The molecular formula is C24H28N7O2+. The van der Waals surface area contributed by atoms with E-state index in [9.17, 15) is 4.79 Å². The number of hydrogen-bond donors (Lipinski definition) is 2. The lowest BCUT2D eigenvalue weighted by Crippen LogP contribution is -2.46. The molecule has 0 amide bonds. The summed E-state index contributed by atoms with van der Waals surface area (Å²) in [6.45, 7) is 8.37. The molecule has 9 heteroatoms. The van der Waals surface area contributed by atoms with Gasteiger partial charge in [-0.3, -0.25) is 9.88 Å². The molecule has 0 spiro atoms. The van der Waals surface area contributed by atoms with Crippen molar-refractivity contribution in [2.45, 2.75) is 20.4 Å². The number of benzene rings is 1. The lowest BCUT2D eigenvalue weighted by molar-refractivity contribution is -0.516. The van der Waals surface area contributed by atoms with Crippen molar-refractivity contribution in [3.8, 4) is 22.4 Å². The van der Waals surface area contributed by atoms with E-state index in [1.165, 1.54) is 4.40 Å². The molecule has 1 aliphatic rings. The van der Waals surface area contributed by atoms with Gasteiger partial charge in [0.1, 0.15) is 5.69 Å². The van der Waals surface area contributed by atoms with E-state index < -0.39 is 0 Å². The van der Waals surface area contributed by atoms with E-state index in [0.29, 0.717) is 12.2 Å². The standard InChI is InChI=1S/C24H27N7O2/c1-16-14-19(15-17(2)26-16)20-21(18-6-4-3-5-7-18)27-23(25)31-22(20)28-30(24(31)32)9-8-29-10-12-33-13-11-29/h3-7,14-15H,8-13H2,1-2H3,(H2,25,26,27,28)/p+1. The van der Waals surface area contributed by atoms with Crippen molar-refractivity contribution in [2.75, 3.05) is 38.6 Å². The first-order chi connectivity index (χ1) is 16.0. The van der Waals surface area contributed by atoms with Gasteiger partial charge in [0.25, 0.3) is 0 Å². The Morgan fingerprint density at radius 2 is 1.73 bits per heavy atom. The average Bonchev–Trinajstić information content (AvgIpc) is 3.14. The van der Waals surface area contributed by atoms with Crippen molar-refractivity contribution in [2.24, 2.45) is 0 Å². The molecule has 5 rings (SSSR count). The smallest absolute Gasteiger partial charge is 0.379 e. The first kappa shape index (κ1) is 21.3. The van der Waals surface area contributed by atoms with Gasteiger partial charge in [-0.25, -0.2) is 9.89 Å². The first-order valence-electron chi connectivity index (χ1n) is 11.2. The molecule has 3 N–H and O–H groups in total. The number of nitrogens with zero attached hydrogens (tertiary/aromatic N) is 5. The molecule has 0 unspecified atom stereocenters. The van der Waals surface area contributed by atoms with Crippen LogP contribution in [-0.4, -0.2) is 57.5 Å². The zero-order valence-electron chi connectivity index (χ0n) is 18.9. The number of rotatable bonds is 5. The normalized spacial score (nSPS) is 14.7. The largest absolute Gasteiger partial charge is 0.428 e. The second-order valence-electron chi connectivity index (χ2n) is 8.38. The van der Waals surface area contributed by atoms with E-state index >= 15 is 0 Å². The first-order valence-corrected chi connectivity index (χ1v) is 11.2. The fourth-order valence-electron chi connectivity index (χ4n) is 4.43. The number of aryl methyl sites for hydroxylation is 2. The van der Waals surface area contributed by atoms with Crippen LogP contribution < -0.4 is 15.8 Å². The highest BCUT2D eigenvalue weighted by Crippen LogP contribution is 2.33. The molecule has 1 saturated heterocycles. The summed E-state index contributed by atoms with van der Waals surface area (Å²) in [6.07, 6.45) is 0. The zero-order valence-corrected chi connectivity index (χ0v) is 18.9. The predicted molar refractivity (Wildman–Crippen MR) is 126 cm³/mol. The van der Waals surface area contributed by atoms with Crippen LogP contribution in [0, 0.1) is 13.8 Å². The number of nitrogen functional groups attached to an aromatic ring is 1. The van der Waals surface area contributed by atoms with Gasteiger partial charge < -0.3 is 10.5 Å². The van der Waals surface area contributed by atoms with Crippen LogP contribution in [0.25, 0.3) is 28.0 Å². The maximum absolute atomic E-state index is 13.3. The van der Waals surface area contributed by atoms with Gasteiger partial charge in [0.2, 0.25) is 5.65 Å². The van der Waals surface area contributed by atoms with Gasteiger partial charge in [0.05, 0.1) is 25.3 Å². The zero-order chi connectivity index (χ0) is 22.9. The van der Waals surface area contributed by atoms with Crippen LogP contribution in [-0.2, 0) is 11.3 Å². The molecule has 0 atom stereocenters. The van der Waals surface area contributed by atoms with E-state index in [0.717, 1.165) is 66.6 Å². The maximum Gasteiger partial charge on any atom is 0.428 e. The van der Waals surface area contributed by atoms with Crippen molar-refractivity contribution in [1.82, 2.24) is 24.6 Å². The highest BCUT2D eigenvalue weighted by molar-refractivity contribution is 5.88. The van der Waals surface area contributed by atoms with E-state index in [-0.39, 0.29) is 11.6 Å². The fraction of sp³-hybridized carbons (Fsp3) is 0.333. The molecule has 1 aromatic carbocycles. The Hall–Kier alpha value is -3.56. The van der Waals surface area contributed by atoms with Gasteiger partial charge in [-0.15, -0.1) is 9.38 Å². The number of aromatic nitrogens is 5. The number of H-pyrrole nitrogens is 1. The SMILES string of the molecule is Cc1cc(-c2c(-c3ccccc3)nc(N)[n+]3c(=O)n(CCN4CCOCC4)[nH]c23)cc(C)n1. The molecule has 4 heterocycles. The molecule has 1 fully saturated rings. The van der Waals surface area contributed by atoms with Crippen LogP contribution in [0.5, 0.6) is 0 Å². The lowest BCUT2D eigenvalue weighted by atomic mass is 9.99. The van der Waals surface area contributed by atoms with Gasteiger partial charge in [0, 0.05) is 36.6 Å². The van der Waals surface area contributed by atoms with Crippen molar-refractivity contribution in [1.29, 1.82) is 0 Å². The van der Waals surface area contributed by atoms with Crippen molar-refractivity contribution in [3.63, 3.8) is 0 Å². The minimum absolute atomic E-state index is 0.154. The number of pyridine rings is 1. The predicted octanol–water partition coefficient (Wildman–Crippen LogP) is 1.57. The Balaban J connectivity index is 1.70. The molecular weight excluding hydrogens is 418 g/mol. The molecule has 0 aliphatic carbocycles. The van der Waals surface area contributed by atoms with Crippen LogP contribution in [0.3, 0.4) is 0 Å². The minimum Gasteiger partial charge on any atom is -0.379 e. The molecule has 0 saturated carbocycles. The van der Waals surface area contributed by atoms with Crippen molar-refractivity contribution in [3.05, 3.63) is 64.3 Å². The van der Waals surface area contributed by atoms with Gasteiger partial charge in [-0.2, -0.15) is 4.68 Å². The van der Waals surface area contributed by atoms with E-state index in [1.807, 2.05) is 56.3 Å². The molecule has 170 valence electrons. The summed E-state index contributed by atoms with van der Waals surface area (Å²) in [6, 6.07) is 13.9. The molecule has 9 nitrogen and oxygen atoms in total. The highest BCUT2D eigenvalue weighted by Gasteiger charge is 2.26. The summed E-state index contributed by atoms with van der Waals surface area (Å²) in [5, 5.41) is 3.33. The number of aromatic amines is 1. The van der Waals surface area contributed by atoms with Crippen molar-refractivity contribution < 1.29 is 9.14 Å². The summed E-state index contributed by atoms with van der Waals surface area (Å²) < 4.78 is 8.50. The topological polar surface area (TPSA) is 106 Å². The Bertz CT molecular complexity index is 1330. The number of nitrogens with two attached hydrogens (primary N) is 1. The number of ether oxygens (including phenoxy) is 1. The lowest BCUT2D eigenvalue weighted by Gasteiger charge is -2.25. The number of anilines is 1. The summed E-state index contributed by atoms with van der Waals surface area (Å²) in [7, 11) is 0. The summed E-state index contributed by atoms with van der Waals surface area (Å²) in [5.74, 6) is 0.154. The van der Waals surface area contributed by atoms with Gasteiger partial charge >= 0.3 is 11.6 Å². The number of nitrogens with one attached hydrogen (secondary N) is 1. The third-order valence-corrected chi connectivity index (χ3v) is 5.98. The number of morpholine rings is 1. The second kappa shape index (κ2) is 8.76. The summed E-state index contributed by atoms with van der Waals surface area (Å²) in [5.41, 5.74) is 11.9. The molecule has 4 aromatic rings. The Morgan fingerprint density at radius 3 is 2.42 bits per heavy atom. The molecule has 33 heavy (non-hydrogen) atoms. The van der Waals surface area contributed by atoms with E-state index in [1.54, 1.807) is 4.68 Å². The van der Waals surface area contributed by atoms with Gasteiger partial charge in [0.15, 0.2) is 0 Å². The fourth-order valence-corrected chi connectivity index (χ4v) is 4.43. The van der Waals surface area contributed by atoms with Crippen LogP contribution >= 0.6 is 0 Å². The van der Waals surface area contributed by atoms with Crippen LogP contribution in [0.4, 0.5) is 5.95 Å². The van der Waals surface area contributed by atoms with Crippen LogP contribution in [0.1, 0.15) is 11.4 Å². The molecule has 0 radical (unpaired) electrons. The minimum atomic E-state index is -0.230. The van der Waals surface area contributed by atoms with Gasteiger partial charge in [-0.05, 0) is 31.5 Å². The number of hydrogen-bond acceptors (Lipinski definition) is 6. The van der Waals surface area contributed by atoms with Crippen LogP contribution in [0.2, 0.25) is 0 Å². The van der Waals surface area contributed by atoms with E-state index in [4.69, 9.17) is 15.5 Å². The van der Waals surface area contributed by atoms with E-state index in [2.05, 4.69) is 15.0 Å². The highest BCUT2D eigenvalue weighted by atomic mass is 16.5. The summed E-state index contributed by atoms with van der Waals surface area (Å²) >= 11 is 0. The monoisotopic (exact) mass is 446 g/mol. The third kappa shape index (κ3) is 4.12. The third-order valence-electron chi connectivity index (χ3n) is 5.98. The molecule has 1 aliphatic heterocycles. The second-order valence-corrected chi connectivity index (χ2v) is 8.38. The quantitative estimate of drug-likeness (QED) is 0.451. The molecule has 0 bridgehead atoms. The van der Waals surface area contributed by atoms with Gasteiger partial charge in [-0.1, -0.05) is 30.3 Å². The molecule has 3 aromatic heterocycles.